The monoisotopic (exact) mass is 326 g/mol. The molecule has 1 N–H and O–H groups in total. The lowest BCUT2D eigenvalue weighted by atomic mass is 10.0. The van der Waals surface area contributed by atoms with E-state index in [2.05, 4.69) is 5.32 Å². The van der Waals surface area contributed by atoms with Crippen LogP contribution in [0, 0.1) is 0 Å². The van der Waals surface area contributed by atoms with Gasteiger partial charge in [0.1, 0.15) is 5.70 Å². The summed E-state index contributed by atoms with van der Waals surface area (Å²) in [6.45, 7) is 2.11. The molecule has 0 unspecified atom stereocenters. The predicted octanol–water partition coefficient (Wildman–Crippen LogP) is 3.55. The van der Waals surface area contributed by atoms with E-state index in [1.54, 1.807) is 31.2 Å². The molecule has 2 amide bonds. The Labute approximate surface area is 139 Å². The Kier molecular flexibility index (Phi) is 4.17. The molecule has 0 saturated heterocycles. The number of nitrogens with one attached hydrogen (secondary N) is 1. The summed E-state index contributed by atoms with van der Waals surface area (Å²) in [6, 6.07) is 16.2. The van der Waals surface area contributed by atoms with Gasteiger partial charge in [-0.3, -0.25) is 14.5 Å². The Hall–Kier alpha value is -2.59. The number of hydrogen-bond donors (Lipinski definition) is 1. The lowest BCUT2D eigenvalue weighted by Gasteiger charge is -2.11. The van der Waals surface area contributed by atoms with Crippen molar-refractivity contribution in [1.82, 2.24) is 4.90 Å². The van der Waals surface area contributed by atoms with Gasteiger partial charge in [-0.15, -0.1) is 0 Å². The Morgan fingerprint density at radius 2 is 1.61 bits per heavy atom. The van der Waals surface area contributed by atoms with E-state index < -0.39 is 0 Å². The normalized spacial score (nSPS) is 14.6. The Morgan fingerprint density at radius 1 is 0.957 bits per heavy atom. The fourth-order valence-electron chi connectivity index (χ4n) is 2.53. The molecular formula is C18H15ClN2O2. The van der Waals surface area contributed by atoms with Gasteiger partial charge in [-0.05, 0) is 36.8 Å². The molecule has 5 heteroatoms. The average Bonchev–Trinajstić information content (AvgIpc) is 2.80. The lowest BCUT2D eigenvalue weighted by Crippen LogP contribution is -2.32. The topological polar surface area (TPSA) is 49.4 Å². The van der Waals surface area contributed by atoms with Gasteiger partial charge in [0.05, 0.1) is 5.57 Å². The summed E-state index contributed by atoms with van der Waals surface area (Å²) < 4.78 is 0. The quantitative estimate of drug-likeness (QED) is 0.874. The third-order valence-electron chi connectivity index (χ3n) is 3.66. The molecule has 0 spiro atoms. The number of para-hydroxylation sites is 1. The third kappa shape index (κ3) is 2.85. The van der Waals surface area contributed by atoms with E-state index >= 15 is 0 Å². The van der Waals surface area contributed by atoms with Crippen LogP contribution in [-0.2, 0) is 9.59 Å². The summed E-state index contributed by atoms with van der Waals surface area (Å²) in [7, 11) is 0. The number of halogens is 1. The second kappa shape index (κ2) is 6.26. The van der Waals surface area contributed by atoms with Gasteiger partial charge < -0.3 is 5.32 Å². The Bertz CT molecular complexity index is 782. The second-order valence-corrected chi connectivity index (χ2v) is 5.54. The minimum atomic E-state index is -0.314. The molecule has 0 aliphatic carbocycles. The number of benzene rings is 2. The SMILES string of the molecule is CCN1C(=O)C(Nc2ccccc2)=C(c2ccc(Cl)cc2)C1=O. The van der Waals surface area contributed by atoms with E-state index in [0.29, 0.717) is 28.4 Å². The van der Waals surface area contributed by atoms with Crippen molar-refractivity contribution >= 4 is 34.7 Å². The highest BCUT2D eigenvalue weighted by Gasteiger charge is 2.38. The molecule has 0 atom stereocenters. The molecule has 0 fully saturated rings. The zero-order valence-corrected chi connectivity index (χ0v) is 13.3. The lowest BCUT2D eigenvalue weighted by molar-refractivity contribution is -0.136. The Balaban J connectivity index is 2.08. The molecule has 1 heterocycles. The van der Waals surface area contributed by atoms with Crippen molar-refractivity contribution in [3.8, 4) is 0 Å². The van der Waals surface area contributed by atoms with Crippen molar-refractivity contribution in [2.45, 2.75) is 6.92 Å². The van der Waals surface area contributed by atoms with Crippen LogP contribution < -0.4 is 5.32 Å². The number of carbonyl (C=O) groups excluding carboxylic acids is 2. The fourth-order valence-corrected chi connectivity index (χ4v) is 2.66. The molecule has 0 saturated carbocycles. The highest BCUT2D eigenvalue weighted by molar-refractivity contribution is 6.36. The van der Waals surface area contributed by atoms with Crippen molar-refractivity contribution in [3.63, 3.8) is 0 Å². The van der Waals surface area contributed by atoms with Gasteiger partial charge in [0.15, 0.2) is 0 Å². The van der Waals surface area contributed by atoms with Gasteiger partial charge in [0, 0.05) is 17.3 Å². The van der Waals surface area contributed by atoms with Gasteiger partial charge in [-0.25, -0.2) is 0 Å². The molecular weight excluding hydrogens is 312 g/mol. The van der Waals surface area contributed by atoms with Crippen LogP contribution in [0.15, 0.2) is 60.3 Å². The number of nitrogens with zero attached hydrogens (tertiary/aromatic N) is 1. The van der Waals surface area contributed by atoms with E-state index in [1.165, 1.54) is 4.90 Å². The summed E-state index contributed by atoms with van der Waals surface area (Å²) in [4.78, 5) is 26.4. The summed E-state index contributed by atoms with van der Waals surface area (Å²) in [5.41, 5.74) is 2.10. The molecule has 23 heavy (non-hydrogen) atoms. The van der Waals surface area contributed by atoms with E-state index in [1.807, 2.05) is 30.3 Å². The first-order valence-electron chi connectivity index (χ1n) is 7.30. The van der Waals surface area contributed by atoms with Crippen LogP contribution in [0.1, 0.15) is 12.5 Å². The number of carbonyl (C=O) groups is 2. The van der Waals surface area contributed by atoms with Gasteiger partial charge in [0.25, 0.3) is 11.8 Å². The minimum Gasteiger partial charge on any atom is -0.350 e. The maximum absolute atomic E-state index is 12.6. The molecule has 3 rings (SSSR count). The van der Waals surface area contributed by atoms with E-state index in [-0.39, 0.29) is 11.8 Å². The van der Waals surface area contributed by atoms with Crippen molar-refractivity contribution in [3.05, 3.63) is 70.9 Å². The second-order valence-electron chi connectivity index (χ2n) is 5.10. The number of anilines is 1. The fraction of sp³-hybridized carbons (Fsp3) is 0.111. The first-order chi connectivity index (χ1) is 11.1. The number of amides is 2. The first kappa shape index (κ1) is 15.3. The summed E-state index contributed by atoms with van der Waals surface area (Å²) in [6.07, 6.45) is 0. The zero-order chi connectivity index (χ0) is 16.4. The maximum atomic E-state index is 12.6. The van der Waals surface area contributed by atoms with Crippen molar-refractivity contribution in [2.75, 3.05) is 11.9 Å². The average molecular weight is 327 g/mol. The van der Waals surface area contributed by atoms with E-state index in [4.69, 9.17) is 11.6 Å². The third-order valence-corrected chi connectivity index (χ3v) is 3.91. The number of imide groups is 1. The zero-order valence-electron chi connectivity index (χ0n) is 12.5. The van der Waals surface area contributed by atoms with Gasteiger partial charge in [-0.2, -0.15) is 0 Å². The number of rotatable bonds is 4. The summed E-state index contributed by atoms with van der Waals surface area (Å²) in [5, 5.41) is 3.66. The van der Waals surface area contributed by atoms with Gasteiger partial charge in [-0.1, -0.05) is 41.9 Å². The largest absolute Gasteiger partial charge is 0.350 e. The molecule has 116 valence electrons. The van der Waals surface area contributed by atoms with Crippen LogP contribution in [0.3, 0.4) is 0 Å². The molecule has 2 aromatic rings. The Morgan fingerprint density at radius 3 is 2.22 bits per heavy atom. The molecule has 4 nitrogen and oxygen atoms in total. The molecule has 0 radical (unpaired) electrons. The van der Waals surface area contributed by atoms with Crippen LogP contribution in [-0.4, -0.2) is 23.3 Å². The van der Waals surface area contributed by atoms with Crippen molar-refractivity contribution in [2.24, 2.45) is 0 Å². The standard InChI is InChI=1S/C18H15ClN2O2/c1-2-21-17(22)15(12-8-10-13(19)11-9-12)16(18(21)23)20-14-6-4-3-5-7-14/h3-11,20H,2H2,1H3. The van der Waals surface area contributed by atoms with Crippen LogP contribution in [0.4, 0.5) is 5.69 Å². The number of hydrogen-bond acceptors (Lipinski definition) is 3. The van der Waals surface area contributed by atoms with Crippen molar-refractivity contribution in [1.29, 1.82) is 0 Å². The van der Waals surface area contributed by atoms with Gasteiger partial charge >= 0.3 is 0 Å². The minimum absolute atomic E-state index is 0.293. The molecule has 2 aromatic carbocycles. The van der Waals surface area contributed by atoms with E-state index in [9.17, 15) is 9.59 Å². The number of likely N-dealkylation sites (N-methyl/N-ethyl adjacent to an activating group) is 1. The van der Waals surface area contributed by atoms with Crippen LogP contribution in [0.2, 0.25) is 5.02 Å². The summed E-state index contributed by atoms with van der Waals surface area (Å²) in [5.74, 6) is -0.607. The van der Waals surface area contributed by atoms with Crippen LogP contribution >= 0.6 is 11.6 Å². The van der Waals surface area contributed by atoms with E-state index in [0.717, 1.165) is 5.69 Å². The molecule has 0 aromatic heterocycles. The summed E-state index contributed by atoms with van der Waals surface area (Å²) >= 11 is 5.91. The highest BCUT2D eigenvalue weighted by atomic mass is 35.5. The smallest absolute Gasteiger partial charge is 0.278 e. The maximum Gasteiger partial charge on any atom is 0.278 e. The van der Waals surface area contributed by atoms with Gasteiger partial charge in [0.2, 0.25) is 0 Å². The highest BCUT2D eigenvalue weighted by Crippen LogP contribution is 2.30. The predicted molar refractivity (Wildman–Crippen MR) is 90.8 cm³/mol. The molecule has 1 aliphatic heterocycles. The first-order valence-corrected chi connectivity index (χ1v) is 7.68. The molecule has 1 aliphatic rings. The molecule has 0 bridgehead atoms. The van der Waals surface area contributed by atoms with Crippen LogP contribution in [0.25, 0.3) is 5.57 Å². The van der Waals surface area contributed by atoms with Crippen molar-refractivity contribution < 1.29 is 9.59 Å². The van der Waals surface area contributed by atoms with Crippen LogP contribution in [0.5, 0.6) is 0 Å².